The third-order valence-corrected chi connectivity index (χ3v) is 7.26. The highest BCUT2D eigenvalue weighted by Crippen LogP contribution is 2.36. The van der Waals surface area contributed by atoms with Crippen molar-refractivity contribution in [3.63, 3.8) is 0 Å². The number of thiophene rings is 1. The summed E-state index contributed by atoms with van der Waals surface area (Å²) in [5.74, 6) is -0.740. The van der Waals surface area contributed by atoms with E-state index in [4.69, 9.17) is 4.74 Å². The minimum absolute atomic E-state index is 0.182. The molecule has 0 atom stereocenters. The molecule has 37 heavy (non-hydrogen) atoms. The van der Waals surface area contributed by atoms with Gasteiger partial charge in [0.25, 0.3) is 0 Å². The summed E-state index contributed by atoms with van der Waals surface area (Å²) in [4.78, 5) is 15.4. The zero-order valence-electron chi connectivity index (χ0n) is 21.5. The van der Waals surface area contributed by atoms with E-state index in [2.05, 4.69) is 17.2 Å². The molecule has 0 N–H and O–H groups in total. The summed E-state index contributed by atoms with van der Waals surface area (Å²) >= 11 is 1.52. The SMILES string of the molecule is CCCCCCCOC(=O)c1ccc2cc(-c3ccc(/N=N/c4ccc(N(C)C)cc4)c(F)c3)sc2c1. The lowest BCUT2D eigenvalue weighted by Gasteiger charge is -2.11. The third kappa shape index (κ3) is 7.01. The van der Waals surface area contributed by atoms with Crippen molar-refractivity contribution in [1.29, 1.82) is 0 Å². The number of ether oxygens (including phenoxy) is 1. The van der Waals surface area contributed by atoms with Crippen LogP contribution in [0.15, 0.2) is 77.0 Å². The van der Waals surface area contributed by atoms with Gasteiger partial charge in [0.1, 0.15) is 5.69 Å². The number of halogens is 1. The molecule has 3 aromatic carbocycles. The van der Waals surface area contributed by atoms with Crippen molar-refractivity contribution < 1.29 is 13.9 Å². The quantitative estimate of drug-likeness (QED) is 0.113. The monoisotopic (exact) mass is 517 g/mol. The maximum Gasteiger partial charge on any atom is 0.338 e. The van der Waals surface area contributed by atoms with Gasteiger partial charge in [-0.15, -0.1) is 16.5 Å². The van der Waals surface area contributed by atoms with Gasteiger partial charge in [-0.2, -0.15) is 5.11 Å². The second-order valence-electron chi connectivity index (χ2n) is 9.19. The van der Waals surface area contributed by atoms with E-state index < -0.39 is 5.82 Å². The van der Waals surface area contributed by atoms with Crippen LogP contribution >= 0.6 is 11.3 Å². The number of hydrogen-bond acceptors (Lipinski definition) is 6. The minimum atomic E-state index is -0.438. The summed E-state index contributed by atoms with van der Waals surface area (Å²) in [6, 6.07) is 20.1. The minimum Gasteiger partial charge on any atom is -0.462 e. The molecule has 0 fully saturated rings. The van der Waals surface area contributed by atoms with Gasteiger partial charge in [0.15, 0.2) is 5.82 Å². The van der Waals surface area contributed by atoms with Crippen molar-refractivity contribution in [2.75, 3.05) is 25.6 Å². The third-order valence-electron chi connectivity index (χ3n) is 6.11. The average Bonchev–Trinajstić information content (AvgIpc) is 3.33. The molecular formula is C30H32FN3O2S. The van der Waals surface area contributed by atoms with Crippen molar-refractivity contribution in [2.45, 2.75) is 39.0 Å². The number of anilines is 1. The van der Waals surface area contributed by atoms with Crippen LogP contribution in [0, 0.1) is 5.82 Å². The number of carbonyl (C=O) groups excluding carboxylic acids is 1. The van der Waals surface area contributed by atoms with Crippen molar-refractivity contribution in [2.24, 2.45) is 10.2 Å². The molecule has 4 rings (SSSR count). The van der Waals surface area contributed by atoms with Crippen LogP contribution in [-0.2, 0) is 4.74 Å². The van der Waals surface area contributed by atoms with E-state index in [-0.39, 0.29) is 11.7 Å². The van der Waals surface area contributed by atoms with Crippen LogP contribution in [0.1, 0.15) is 49.4 Å². The van der Waals surface area contributed by atoms with E-state index in [1.54, 1.807) is 12.1 Å². The average molecular weight is 518 g/mol. The Hall–Kier alpha value is -3.58. The number of unbranched alkanes of at least 4 members (excludes halogenated alkanes) is 4. The Kier molecular flexibility index (Phi) is 9.01. The predicted octanol–water partition coefficient (Wildman–Crippen LogP) is 9.32. The molecule has 4 aromatic rings. The van der Waals surface area contributed by atoms with Gasteiger partial charge in [0.05, 0.1) is 17.9 Å². The molecule has 1 heterocycles. The van der Waals surface area contributed by atoms with Crippen LogP contribution in [0.4, 0.5) is 21.5 Å². The first-order valence-electron chi connectivity index (χ1n) is 12.6. The molecule has 0 amide bonds. The maximum absolute atomic E-state index is 14.8. The van der Waals surface area contributed by atoms with Gasteiger partial charge >= 0.3 is 5.97 Å². The Bertz CT molecular complexity index is 1380. The highest BCUT2D eigenvalue weighted by atomic mass is 32.1. The number of nitrogens with zero attached hydrogens (tertiary/aromatic N) is 3. The van der Waals surface area contributed by atoms with Crippen LogP contribution in [0.5, 0.6) is 0 Å². The number of rotatable bonds is 11. The van der Waals surface area contributed by atoms with Crippen molar-refractivity contribution in [3.8, 4) is 10.4 Å². The van der Waals surface area contributed by atoms with E-state index >= 15 is 0 Å². The molecule has 192 valence electrons. The molecule has 0 bridgehead atoms. The molecular weight excluding hydrogens is 485 g/mol. The largest absolute Gasteiger partial charge is 0.462 e. The molecule has 0 radical (unpaired) electrons. The van der Waals surface area contributed by atoms with Crippen LogP contribution in [-0.4, -0.2) is 26.7 Å². The first-order chi connectivity index (χ1) is 17.9. The van der Waals surface area contributed by atoms with Gasteiger partial charge in [0.2, 0.25) is 0 Å². The summed E-state index contributed by atoms with van der Waals surface area (Å²) in [6.45, 7) is 2.62. The molecule has 0 aliphatic rings. The van der Waals surface area contributed by atoms with Crippen molar-refractivity contribution in [1.82, 2.24) is 0 Å². The van der Waals surface area contributed by atoms with Gasteiger partial charge in [0, 0.05) is 29.4 Å². The van der Waals surface area contributed by atoms with Gasteiger partial charge < -0.3 is 9.64 Å². The molecule has 5 nitrogen and oxygen atoms in total. The standard InChI is InChI=1S/C30H32FN3O2S/c1-4-5-6-7-8-17-36-30(35)23-10-9-22-19-28(37-29(22)20-23)21-11-16-27(26(31)18-21)33-32-24-12-14-25(15-13-24)34(2)3/h9-16,18-20H,4-8,17H2,1-3H3/b33-32+. The highest BCUT2D eigenvalue weighted by Gasteiger charge is 2.12. The highest BCUT2D eigenvalue weighted by molar-refractivity contribution is 7.22. The molecule has 0 saturated heterocycles. The zero-order chi connectivity index (χ0) is 26.2. The molecule has 0 saturated carbocycles. The Morgan fingerprint density at radius 3 is 2.43 bits per heavy atom. The molecule has 1 aromatic heterocycles. The number of esters is 1. The van der Waals surface area contributed by atoms with Crippen molar-refractivity contribution in [3.05, 3.63) is 78.1 Å². The van der Waals surface area contributed by atoms with E-state index in [9.17, 15) is 9.18 Å². The second-order valence-corrected chi connectivity index (χ2v) is 10.3. The van der Waals surface area contributed by atoms with Crippen molar-refractivity contribution >= 4 is 44.5 Å². The number of benzene rings is 3. The maximum atomic E-state index is 14.8. The first kappa shape index (κ1) is 26.5. The van der Waals surface area contributed by atoms with Gasteiger partial charge in [-0.25, -0.2) is 9.18 Å². The Morgan fingerprint density at radius 2 is 1.70 bits per heavy atom. The van der Waals surface area contributed by atoms with Gasteiger partial charge in [-0.3, -0.25) is 0 Å². The molecule has 0 unspecified atom stereocenters. The Morgan fingerprint density at radius 1 is 0.919 bits per heavy atom. The lowest BCUT2D eigenvalue weighted by molar-refractivity contribution is 0.0498. The Labute approximate surface area is 221 Å². The molecule has 0 spiro atoms. The van der Waals surface area contributed by atoms with Crippen LogP contribution in [0.3, 0.4) is 0 Å². The van der Waals surface area contributed by atoms with Crippen LogP contribution in [0.2, 0.25) is 0 Å². The topological polar surface area (TPSA) is 54.3 Å². The lowest BCUT2D eigenvalue weighted by Crippen LogP contribution is -2.07. The molecule has 0 aliphatic carbocycles. The summed E-state index contributed by atoms with van der Waals surface area (Å²) in [5.41, 5.74) is 3.18. The van der Waals surface area contributed by atoms with E-state index in [0.717, 1.165) is 39.1 Å². The second kappa shape index (κ2) is 12.6. The van der Waals surface area contributed by atoms with Gasteiger partial charge in [-0.1, -0.05) is 44.7 Å². The number of hydrogen-bond donors (Lipinski definition) is 0. The smallest absolute Gasteiger partial charge is 0.338 e. The van der Waals surface area contributed by atoms with E-state index in [0.29, 0.717) is 17.9 Å². The molecule has 7 heteroatoms. The van der Waals surface area contributed by atoms with Crippen LogP contribution < -0.4 is 4.90 Å². The number of carbonyl (C=O) groups is 1. The number of fused-ring (bicyclic) bond motifs is 1. The molecule has 0 aliphatic heterocycles. The Balaban J connectivity index is 1.42. The summed E-state index contributed by atoms with van der Waals surface area (Å²) < 4.78 is 21.2. The fraction of sp³-hybridized carbons (Fsp3) is 0.300. The van der Waals surface area contributed by atoms with Crippen LogP contribution in [0.25, 0.3) is 20.5 Å². The first-order valence-corrected chi connectivity index (χ1v) is 13.5. The fourth-order valence-electron chi connectivity index (χ4n) is 3.92. The summed E-state index contributed by atoms with van der Waals surface area (Å²) in [5, 5.41) is 9.26. The summed E-state index contributed by atoms with van der Waals surface area (Å²) in [6.07, 6.45) is 5.55. The van der Waals surface area contributed by atoms with Gasteiger partial charge in [-0.05, 0) is 72.0 Å². The summed E-state index contributed by atoms with van der Waals surface area (Å²) in [7, 11) is 3.93. The zero-order valence-corrected chi connectivity index (χ0v) is 22.4. The van der Waals surface area contributed by atoms with E-state index in [1.807, 2.05) is 67.5 Å². The normalized spacial score (nSPS) is 11.4. The lowest BCUT2D eigenvalue weighted by atomic mass is 10.1. The number of azo groups is 1. The fourth-order valence-corrected chi connectivity index (χ4v) is 5.02. The van der Waals surface area contributed by atoms with E-state index in [1.165, 1.54) is 36.7 Å². The predicted molar refractivity (Wildman–Crippen MR) is 151 cm³/mol.